The van der Waals surface area contributed by atoms with E-state index in [2.05, 4.69) is 4.98 Å². The maximum absolute atomic E-state index is 13.2. The lowest BCUT2D eigenvalue weighted by atomic mass is 9.83. The van der Waals surface area contributed by atoms with Gasteiger partial charge in [-0.3, -0.25) is 14.4 Å². The number of rotatable bonds is 2. The summed E-state index contributed by atoms with van der Waals surface area (Å²) < 4.78 is 0. The van der Waals surface area contributed by atoms with Crippen LogP contribution in [0.1, 0.15) is 51.9 Å². The molecule has 3 aliphatic rings. The van der Waals surface area contributed by atoms with Crippen molar-refractivity contribution in [1.29, 1.82) is 0 Å². The van der Waals surface area contributed by atoms with Crippen molar-refractivity contribution in [3.05, 3.63) is 68.6 Å². The molecular weight excluding hydrogens is 354 g/mol. The van der Waals surface area contributed by atoms with Gasteiger partial charge in [0.05, 0.1) is 0 Å². The fourth-order valence-electron chi connectivity index (χ4n) is 4.53. The lowest BCUT2D eigenvalue weighted by Crippen LogP contribution is -2.43. The van der Waals surface area contributed by atoms with Crippen LogP contribution in [0.4, 0.5) is 0 Å². The molecule has 0 spiro atoms. The highest BCUT2D eigenvalue weighted by Crippen LogP contribution is 2.31. The average molecular weight is 377 g/mol. The quantitative estimate of drug-likeness (QED) is 0.872. The standard InChI is InChI=1S/C22H23N3O3/c26-20-19(22(28)25-11-15-4-1-2-5-16(15)12-25)18-8-9-24(13-17(18)10-23-20)21(27)14-6-3-7-14/h1-2,4-5,10,14H,3,6-9,11-13H2,(H,23,26). The predicted octanol–water partition coefficient (Wildman–Crippen LogP) is 2.22. The molecular formula is C22H23N3O3. The lowest BCUT2D eigenvalue weighted by Gasteiger charge is -2.35. The molecule has 0 unspecified atom stereocenters. The second-order valence-electron chi connectivity index (χ2n) is 8.06. The zero-order valence-electron chi connectivity index (χ0n) is 15.7. The van der Waals surface area contributed by atoms with Crippen LogP contribution < -0.4 is 5.56 Å². The van der Waals surface area contributed by atoms with Crippen LogP contribution in [0.5, 0.6) is 0 Å². The second-order valence-corrected chi connectivity index (χ2v) is 8.06. The van der Waals surface area contributed by atoms with E-state index in [0.29, 0.717) is 32.6 Å². The number of amides is 2. The topological polar surface area (TPSA) is 73.5 Å². The third-order valence-corrected chi connectivity index (χ3v) is 6.39. The van der Waals surface area contributed by atoms with Gasteiger partial charge in [-0.15, -0.1) is 0 Å². The van der Waals surface area contributed by atoms with Crippen molar-refractivity contribution in [3.8, 4) is 0 Å². The summed E-state index contributed by atoms with van der Waals surface area (Å²) in [5.41, 5.74) is 3.88. The summed E-state index contributed by atoms with van der Waals surface area (Å²) in [4.78, 5) is 44.7. The van der Waals surface area contributed by atoms with E-state index in [1.54, 1.807) is 11.1 Å². The number of H-pyrrole nitrogens is 1. The van der Waals surface area contributed by atoms with Gasteiger partial charge in [-0.25, -0.2) is 0 Å². The Balaban J connectivity index is 1.41. The molecule has 6 nitrogen and oxygen atoms in total. The largest absolute Gasteiger partial charge is 0.338 e. The maximum Gasteiger partial charge on any atom is 0.261 e. The average Bonchev–Trinajstić information content (AvgIpc) is 3.10. The Labute approximate surface area is 163 Å². The number of hydrogen-bond acceptors (Lipinski definition) is 3. The number of fused-ring (bicyclic) bond motifs is 2. The lowest BCUT2D eigenvalue weighted by molar-refractivity contribution is -0.139. The van der Waals surface area contributed by atoms with Crippen molar-refractivity contribution in [1.82, 2.24) is 14.8 Å². The zero-order chi connectivity index (χ0) is 19.3. The zero-order valence-corrected chi connectivity index (χ0v) is 15.7. The summed E-state index contributed by atoms with van der Waals surface area (Å²) >= 11 is 0. The summed E-state index contributed by atoms with van der Waals surface area (Å²) in [6.07, 6.45) is 5.32. The Morgan fingerprint density at radius 1 is 0.964 bits per heavy atom. The number of nitrogens with one attached hydrogen (secondary N) is 1. The van der Waals surface area contributed by atoms with Crippen molar-refractivity contribution < 1.29 is 9.59 Å². The fourth-order valence-corrected chi connectivity index (χ4v) is 4.53. The van der Waals surface area contributed by atoms with E-state index in [0.717, 1.165) is 41.5 Å². The molecule has 1 aromatic carbocycles. The van der Waals surface area contributed by atoms with Gasteiger partial charge < -0.3 is 14.8 Å². The normalized spacial score (nSPS) is 18.4. The van der Waals surface area contributed by atoms with Gasteiger partial charge in [0.2, 0.25) is 5.91 Å². The highest BCUT2D eigenvalue weighted by molar-refractivity contribution is 5.96. The second kappa shape index (κ2) is 6.62. The van der Waals surface area contributed by atoms with Crippen LogP contribution in [0.25, 0.3) is 0 Å². The molecule has 28 heavy (non-hydrogen) atoms. The molecule has 1 aliphatic carbocycles. The number of aromatic nitrogens is 1. The summed E-state index contributed by atoms with van der Waals surface area (Å²) in [5, 5.41) is 0. The Kier molecular flexibility index (Phi) is 4.07. The van der Waals surface area contributed by atoms with Gasteiger partial charge in [-0.1, -0.05) is 30.7 Å². The Bertz CT molecular complexity index is 997. The first-order valence-corrected chi connectivity index (χ1v) is 10.00. The molecule has 3 heterocycles. The minimum atomic E-state index is -0.335. The van der Waals surface area contributed by atoms with Crippen molar-refractivity contribution in [3.63, 3.8) is 0 Å². The van der Waals surface area contributed by atoms with Gasteiger partial charge in [0.1, 0.15) is 5.56 Å². The Morgan fingerprint density at radius 2 is 1.64 bits per heavy atom. The van der Waals surface area contributed by atoms with Crippen molar-refractivity contribution in [2.45, 2.75) is 45.3 Å². The highest BCUT2D eigenvalue weighted by atomic mass is 16.2. The van der Waals surface area contributed by atoms with Gasteiger partial charge in [-0.2, -0.15) is 0 Å². The van der Waals surface area contributed by atoms with Crippen LogP contribution in [0.2, 0.25) is 0 Å². The van der Waals surface area contributed by atoms with Crippen molar-refractivity contribution >= 4 is 11.8 Å². The summed E-state index contributed by atoms with van der Waals surface area (Å²) in [7, 11) is 0. The SMILES string of the molecule is O=C(c1c2c(c[nH]c1=O)CN(C(=O)C1CCC1)CC2)N1Cc2ccccc2C1. The van der Waals surface area contributed by atoms with E-state index >= 15 is 0 Å². The van der Waals surface area contributed by atoms with Gasteiger partial charge in [-0.05, 0) is 41.5 Å². The van der Waals surface area contributed by atoms with E-state index in [9.17, 15) is 14.4 Å². The van der Waals surface area contributed by atoms with Gasteiger partial charge >= 0.3 is 0 Å². The molecule has 0 atom stereocenters. The van der Waals surface area contributed by atoms with Crippen LogP contribution >= 0.6 is 0 Å². The molecule has 6 heteroatoms. The molecule has 5 rings (SSSR count). The first kappa shape index (κ1) is 17.2. The summed E-state index contributed by atoms with van der Waals surface area (Å²) in [5.74, 6) is 0.160. The van der Waals surface area contributed by atoms with Crippen LogP contribution in [0.15, 0.2) is 35.3 Å². The molecule has 2 aromatic rings. The molecule has 2 aliphatic heterocycles. The van der Waals surface area contributed by atoms with Crippen LogP contribution in [0, 0.1) is 5.92 Å². The first-order chi connectivity index (χ1) is 13.6. The number of carbonyl (C=O) groups is 2. The molecule has 1 fully saturated rings. The van der Waals surface area contributed by atoms with Crippen molar-refractivity contribution in [2.75, 3.05) is 6.54 Å². The Morgan fingerprint density at radius 3 is 2.29 bits per heavy atom. The monoisotopic (exact) mass is 377 g/mol. The van der Waals surface area contributed by atoms with E-state index in [1.807, 2.05) is 29.2 Å². The fraction of sp³-hybridized carbons (Fsp3) is 0.409. The predicted molar refractivity (Wildman–Crippen MR) is 104 cm³/mol. The third kappa shape index (κ3) is 2.75. The molecule has 1 saturated carbocycles. The number of hydrogen-bond donors (Lipinski definition) is 1. The smallest absolute Gasteiger partial charge is 0.261 e. The van der Waals surface area contributed by atoms with Gasteiger partial charge in [0.25, 0.3) is 11.5 Å². The van der Waals surface area contributed by atoms with E-state index in [1.165, 1.54) is 0 Å². The minimum absolute atomic E-state index is 0.161. The van der Waals surface area contributed by atoms with Gasteiger partial charge in [0.15, 0.2) is 0 Å². The number of pyridine rings is 1. The minimum Gasteiger partial charge on any atom is -0.338 e. The summed E-state index contributed by atoms with van der Waals surface area (Å²) in [6.45, 7) is 2.11. The molecule has 1 N–H and O–H groups in total. The molecule has 0 saturated heterocycles. The van der Waals surface area contributed by atoms with Gasteiger partial charge in [0, 0.05) is 38.3 Å². The number of nitrogens with zero attached hydrogens (tertiary/aromatic N) is 2. The maximum atomic E-state index is 13.2. The van der Waals surface area contributed by atoms with Crippen LogP contribution in [-0.2, 0) is 30.8 Å². The molecule has 0 bridgehead atoms. The van der Waals surface area contributed by atoms with Crippen molar-refractivity contribution in [2.24, 2.45) is 5.92 Å². The van der Waals surface area contributed by atoms with Crippen LogP contribution in [0.3, 0.4) is 0 Å². The summed E-state index contributed by atoms with van der Waals surface area (Å²) in [6, 6.07) is 7.99. The number of carbonyl (C=O) groups excluding carboxylic acids is 2. The first-order valence-electron chi connectivity index (χ1n) is 10.00. The highest BCUT2D eigenvalue weighted by Gasteiger charge is 2.34. The molecule has 1 aromatic heterocycles. The molecule has 144 valence electrons. The molecule has 2 amide bonds. The van der Waals surface area contributed by atoms with E-state index in [4.69, 9.17) is 0 Å². The van der Waals surface area contributed by atoms with E-state index < -0.39 is 0 Å². The molecule has 0 radical (unpaired) electrons. The number of benzene rings is 1. The van der Waals surface area contributed by atoms with E-state index in [-0.39, 0.29) is 28.9 Å². The Hall–Kier alpha value is -2.89. The van der Waals surface area contributed by atoms with Crippen LogP contribution in [-0.4, -0.2) is 33.1 Å². The number of aromatic amines is 1. The third-order valence-electron chi connectivity index (χ3n) is 6.39.